The zero-order valence-corrected chi connectivity index (χ0v) is 6.53. The maximum atomic E-state index is 10.6. The highest BCUT2D eigenvalue weighted by Crippen LogP contribution is 1.94. The smallest absolute Gasteiger partial charge is 0.306 e. The van der Waals surface area contributed by atoms with Crippen molar-refractivity contribution in [2.75, 3.05) is 14.2 Å². The summed E-state index contributed by atoms with van der Waals surface area (Å²) >= 11 is 0. The van der Waals surface area contributed by atoms with Gasteiger partial charge in [0.2, 0.25) is 5.91 Å². The Morgan fingerprint density at radius 2 is 2.00 bits per heavy atom. The van der Waals surface area contributed by atoms with Crippen LogP contribution >= 0.6 is 0 Å². The van der Waals surface area contributed by atoms with E-state index in [1.807, 2.05) is 0 Å². The number of carbonyl (C=O) groups is 2. The molecule has 5 nitrogen and oxygen atoms in total. The molecule has 0 heterocycles. The highest BCUT2D eigenvalue weighted by molar-refractivity contribution is 5.80. The largest absolute Gasteiger partial charge is 0.469 e. The van der Waals surface area contributed by atoms with Crippen molar-refractivity contribution in [1.82, 2.24) is 5.06 Å². The normalized spacial score (nSPS) is 9.00. The van der Waals surface area contributed by atoms with Gasteiger partial charge in [0.15, 0.2) is 0 Å². The average Bonchev–Trinajstić information content (AvgIpc) is 1.99. The molecule has 0 unspecified atom stereocenters. The summed E-state index contributed by atoms with van der Waals surface area (Å²) in [5, 5.41) is 8.99. The van der Waals surface area contributed by atoms with Crippen molar-refractivity contribution < 1.29 is 19.5 Å². The van der Waals surface area contributed by atoms with Gasteiger partial charge in [0.05, 0.1) is 13.5 Å². The zero-order chi connectivity index (χ0) is 8.85. The van der Waals surface area contributed by atoms with Crippen LogP contribution in [-0.2, 0) is 14.3 Å². The molecule has 0 radical (unpaired) electrons. The van der Waals surface area contributed by atoms with E-state index in [2.05, 4.69) is 4.74 Å². The maximum Gasteiger partial charge on any atom is 0.306 e. The monoisotopic (exact) mass is 161 g/mol. The van der Waals surface area contributed by atoms with E-state index in [0.717, 1.165) is 0 Å². The van der Waals surface area contributed by atoms with Gasteiger partial charge in [0.1, 0.15) is 0 Å². The Balaban J connectivity index is 3.54. The SMILES string of the molecule is COC(=O)CCC(=O)N(C)O. The number of carbonyl (C=O) groups excluding carboxylic acids is 2. The zero-order valence-electron chi connectivity index (χ0n) is 6.53. The number of hydroxylamine groups is 2. The van der Waals surface area contributed by atoms with E-state index in [1.54, 1.807) is 0 Å². The summed E-state index contributed by atoms with van der Waals surface area (Å²) in [6.07, 6.45) is -0.0279. The summed E-state index contributed by atoms with van der Waals surface area (Å²) in [5.41, 5.74) is 0. The highest BCUT2D eigenvalue weighted by atomic mass is 16.5. The average molecular weight is 161 g/mol. The number of hydrogen-bond acceptors (Lipinski definition) is 4. The molecule has 0 spiro atoms. The third-order valence-corrected chi connectivity index (χ3v) is 1.13. The fourth-order valence-corrected chi connectivity index (χ4v) is 0.473. The molecule has 64 valence electrons. The first-order valence-corrected chi connectivity index (χ1v) is 3.10. The molecule has 11 heavy (non-hydrogen) atoms. The fourth-order valence-electron chi connectivity index (χ4n) is 0.473. The van der Waals surface area contributed by atoms with Crippen LogP contribution in [0.5, 0.6) is 0 Å². The number of hydrogen-bond donors (Lipinski definition) is 1. The summed E-state index contributed by atoms with van der Waals surface area (Å²) in [4.78, 5) is 21.1. The predicted molar refractivity (Wildman–Crippen MR) is 35.8 cm³/mol. The second kappa shape index (κ2) is 4.68. The van der Waals surface area contributed by atoms with Gasteiger partial charge in [-0.25, -0.2) is 5.06 Å². The lowest BCUT2D eigenvalue weighted by Crippen LogP contribution is -2.23. The number of ether oxygens (including phenoxy) is 1. The Labute approximate surface area is 64.5 Å². The molecule has 5 heteroatoms. The first-order valence-electron chi connectivity index (χ1n) is 3.10. The molecule has 0 bridgehead atoms. The molecular weight excluding hydrogens is 150 g/mol. The Morgan fingerprint density at radius 3 is 2.36 bits per heavy atom. The van der Waals surface area contributed by atoms with Crippen molar-refractivity contribution in [3.8, 4) is 0 Å². The van der Waals surface area contributed by atoms with Gasteiger partial charge >= 0.3 is 5.97 Å². The number of amides is 1. The molecule has 0 atom stereocenters. The van der Waals surface area contributed by atoms with Crippen LogP contribution in [0, 0.1) is 0 Å². The van der Waals surface area contributed by atoms with E-state index in [0.29, 0.717) is 5.06 Å². The lowest BCUT2D eigenvalue weighted by atomic mass is 10.3. The number of rotatable bonds is 3. The van der Waals surface area contributed by atoms with Gasteiger partial charge in [0, 0.05) is 13.5 Å². The van der Waals surface area contributed by atoms with Crippen LogP contribution in [0.3, 0.4) is 0 Å². The molecule has 0 saturated heterocycles. The van der Waals surface area contributed by atoms with Crippen LogP contribution in [0.4, 0.5) is 0 Å². The Bertz CT molecular complexity index is 155. The van der Waals surface area contributed by atoms with Crippen LogP contribution in [-0.4, -0.2) is 36.3 Å². The van der Waals surface area contributed by atoms with Crippen LogP contribution in [0.15, 0.2) is 0 Å². The minimum absolute atomic E-state index is 0.000231. The quantitative estimate of drug-likeness (QED) is 0.353. The van der Waals surface area contributed by atoms with Crippen molar-refractivity contribution >= 4 is 11.9 Å². The Morgan fingerprint density at radius 1 is 1.45 bits per heavy atom. The van der Waals surface area contributed by atoms with Crippen molar-refractivity contribution in [2.24, 2.45) is 0 Å². The minimum atomic E-state index is -0.504. The van der Waals surface area contributed by atoms with E-state index >= 15 is 0 Å². The molecular formula is C6H11NO4. The van der Waals surface area contributed by atoms with E-state index in [9.17, 15) is 9.59 Å². The Hall–Kier alpha value is -1.10. The highest BCUT2D eigenvalue weighted by Gasteiger charge is 2.08. The van der Waals surface area contributed by atoms with Crippen LogP contribution in [0.25, 0.3) is 0 Å². The van der Waals surface area contributed by atoms with Crippen molar-refractivity contribution in [1.29, 1.82) is 0 Å². The van der Waals surface area contributed by atoms with Gasteiger partial charge in [-0.3, -0.25) is 14.8 Å². The summed E-state index contributed by atoms with van der Waals surface area (Å²) in [5.74, 6) is -0.962. The van der Waals surface area contributed by atoms with Crippen molar-refractivity contribution in [3.63, 3.8) is 0 Å². The number of esters is 1. The van der Waals surface area contributed by atoms with E-state index < -0.39 is 11.9 Å². The fraction of sp³-hybridized carbons (Fsp3) is 0.667. The van der Waals surface area contributed by atoms with Crippen molar-refractivity contribution in [2.45, 2.75) is 12.8 Å². The van der Waals surface area contributed by atoms with Crippen LogP contribution in [0.2, 0.25) is 0 Å². The van der Waals surface area contributed by atoms with E-state index in [4.69, 9.17) is 5.21 Å². The maximum absolute atomic E-state index is 10.6. The van der Waals surface area contributed by atoms with Gasteiger partial charge in [-0.15, -0.1) is 0 Å². The molecule has 0 aromatic carbocycles. The van der Waals surface area contributed by atoms with E-state index in [-0.39, 0.29) is 12.8 Å². The molecule has 1 N–H and O–H groups in total. The van der Waals surface area contributed by atoms with Crippen LogP contribution < -0.4 is 0 Å². The minimum Gasteiger partial charge on any atom is -0.469 e. The van der Waals surface area contributed by atoms with Crippen molar-refractivity contribution in [3.05, 3.63) is 0 Å². The molecule has 0 aliphatic carbocycles. The summed E-state index contributed by atoms with van der Waals surface area (Å²) in [6, 6.07) is 0. The molecule has 0 aliphatic rings. The van der Waals surface area contributed by atoms with Gasteiger partial charge in [-0.05, 0) is 0 Å². The van der Waals surface area contributed by atoms with Gasteiger partial charge in [-0.1, -0.05) is 0 Å². The van der Waals surface area contributed by atoms with Gasteiger partial charge in [-0.2, -0.15) is 0 Å². The second-order valence-electron chi connectivity index (χ2n) is 1.99. The summed E-state index contributed by atoms with van der Waals surface area (Å²) in [6.45, 7) is 0. The number of methoxy groups -OCH3 is 1. The topological polar surface area (TPSA) is 66.8 Å². The van der Waals surface area contributed by atoms with Gasteiger partial charge in [0.25, 0.3) is 0 Å². The standard InChI is InChI=1S/C6H11NO4/c1-7(10)5(8)3-4-6(9)11-2/h10H,3-4H2,1-2H3. The molecule has 0 rings (SSSR count). The first kappa shape index (κ1) is 9.90. The molecule has 0 saturated carbocycles. The lowest BCUT2D eigenvalue weighted by molar-refractivity contribution is -0.161. The molecule has 0 fully saturated rings. The molecule has 1 amide bonds. The first-order chi connectivity index (χ1) is 5.07. The van der Waals surface area contributed by atoms with Gasteiger partial charge < -0.3 is 4.74 Å². The third-order valence-electron chi connectivity index (χ3n) is 1.13. The third kappa shape index (κ3) is 4.32. The summed E-state index contributed by atoms with van der Waals surface area (Å²) < 4.78 is 4.29. The number of nitrogens with zero attached hydrogens (tertiary/aromatic N) is 1. The van der Waals surface area contributed by atoms with Crippen LogP contribution in [0.1, 0.15) is 12.8 Å². The predicted octanol–water partition coefficient (Wildman–Crippen LogP) is -0.213. The molecule has 0 aromatic rings. The second-order valence-corrected chi connectivity index (χ2v) is 1.99. The molecule has 0 aliphatic heterocycles. The Kier molecular flexibility index (Phi) is 4.21. The molecule has 0 aromatic heterocycles. The lowest BCUT2D eigenvalue weighted by Gasteiger charge is -2.06. The van der Waals surface area contributed by atoms with E-state index in [1.165, 1.54) is 14.2 Å². The summed E-state index contributed by atoms with van der Waals surface area (Å²) in [7, 11) is 2.45.